The molecule has 1 N–H and O–H groups in total. The van der Waals surface area contributed by atoms with Gasteiger partial charge in [0.2, 0.25) is 0 Å². The Hall–Kier alpha value is -1.94. The van der Waals surface area contributed by atoms with Crippen LogP contribution in [0.1, 0.15) is 20.8 Å². The van der Waals surface area contributed by atoms with Crippen molar-refractivity contribution in [2.24, 2.45) is 0 Å². The van der Waals surface area contributed by atoms with Gasteiger partial charge >= 0.3 is 6.09 Å². The van der Waals surface area contributed by atoms with Crippen LogP contribution in [-0.4, -0.2) is 18.0 Å². The lowest BCUT2D eigenvalue weighted by Gasteiger charge is -2.19. The molecule has 0 aliphatic heterocycles. The Morgan fingerprint density at radius 3 is 2.27 bits per heavy atom. The average Bonchev–Trinajstić information content (AvgIpc) is 2.46. The summed E-state index contributed by atoms with van der Waals surface area (Å²) in [6, 6.07) is 16.0. The van der Waals surface area contributed by atoms with Crippen LogP contribution in [-0.2, 0) is 4.74 Å². The minimum absolute atomic E-state index is 0.440. The van der Waals surface area contributed by atoms with Crippen molar-refractivity contribution in [1.82, 2.24) is 0 Å². The smallest absolute Gasteiger partial charge is 0.412 e. The van der Waals surface area contributed by atoms with Gasteiger partial charge < -0.3 is 4.74 Å². The zero-order valence-corrected chi connectivity index (χ0v) is 14.2. The summed E-state index contributed by atoms with van der Waals surface area (Å²) in [6.45, 7) is 5.53. The minimum Gasteiger partial charge on any atom is -0.444 e. The molecule has 0 spiro atoms. The molecule has 2 aromatic carbocycles. The molecule has 1 amide bonds. The van der Waals surface area contributed by atoms with E-state index in [0.29, 0.717) is 0 Å². The summed E-state index contributed by atoms with van der Waals surface area (Å²) < 4.78 is 5.24. The number of hydrogen-bond donors (Lipinski definition) is 1. The summed E-state index contributed by atoms with van der Waals surface area (Å²) in [7, 11) is 0. The fourth-order valence-corrected chi connectivity index (χ4v) is 2.66. The van der Waals surface area contributed by atoms with Crippen LogP contribution in [0.4, 0.5) is 10.5 Å². The van der Waals surface area contributed by atoms with Crippen LogP contribution in [0.2, 0.25) is 0 Å². The number of rotatable bonds is 3. The quantitative estimate of drug-likeness (QED) is 0.768. The van der Waals surface area contributed by atoms with Gasteiger partial charge in [0, 0.05) is 10.6 Å². The standard InChI is InChI=1S/C18H21NO2S/c1-18(2,3)21-17(20)19-14-11-9-13(10-12-14)15-7-5-6-8-16(15)22-4/h5-12H,1-4H3,(H,19,20). The van der Waals surface area contributed by atoms with E-state index < -0.39 is 11.7 Å². The molecule has 0 bridgehead atoms. The fourth-order valence-electron chi connectivity index (χ4n) is 2.04. The Morgan fingerprint density at radius 2 is 1.68 bits per heavy atom. The first-order chi connectivity index (χ1) is 10.4. The molecule has 0 fully saturated rings. The first-order valence-corrected chi connectivity index (χ1v) is 8.35. The number of benzene rings is 2. The van der Waals surface area contributed by atoms with Crippen molar-refractivity contribution in [3.05, 3.63) is 48.5 Å². The fraction of sp³-hybridized carbons (Fsp3) is 0.278. The van der Waals surface area contributed by atoms with Crippen LogP contribution in [0, 0.1) is 0 Å². The monoisotopic (exact) mass is 315 g/mol. The largest absolute Gasteiger partial charge is 0.444 e. The molecule has 3 nitrogen and oxygen atoms in total. The topological polar surface area (TPSA) is 38.3 Å². The normalized spacial score (nSPS) is 11.1. The molecule has 0 heterocycles. The van der Waals surface area contributed by atoms with Gasteiger partial charge in [0.25, 0.3) is 0 Å². The van der Waals surface area contributed by atoms with Crippen LogP contribution in [0.3, 0.4) is 0 Å². The van der Waals surface area contributed by atoms with Crippen LogP contribution in [0.5, 0.6) is 0 Å². The van der Waals surface area contributed by atoms with Gasteiger partial charge in [-0.05, 0) is 56.4 Å². The van der Waals surface area contributed by atoms with Crippen molar-refractivity contribution >= 4 is 23.5 Å². The average molecular weight is 315 g/mol. The van der Waals surface area contributed by atoms with E-state index in [1.807, 2.05) is 57.2 Å². The molecule has 22 heavy (non-hydrogen) atoms. The van der Waals surface area contributed by atoms with Gasteiger partial charge in [0.1, 0.15) is 5.60 Å². The summed E-state index contributed by atoms with van der Waals surface area (Å²) in [4.78, 5) is 13.0. The maximum absolute atomic E-state index is 11.7. The molecule has 0 aliphatic carbocycles. The van der Waals surface area contributed by atoms with Crippen molar-refractivity contribution < 1.29 is 9.53 Å². The van der Waals surface area contributed by atoms with Crippen LogP contribution >= 0.6 is 11.8 Å². The van der Waals surface area contributed by atoms with Crippen LogP contribution in [0.15, 0.2) is 53.4 Å². The van der Waals surface area contributed by atoms with E-state index in [0.717, 1.165) is 11.3 Å². The first-order valence-electron chi connectivity index (χ1n) is 7.12. The third-order valence-electron chi connectivity index (χ3n) is 2.95. The molecule has 0 atom stereocenters. The molecule has 0 aliphatic rings. The molecular formula is C18H21NO2S. The second kappa shape index (κ2) is 6.88. The van der Waals surface area contributed by atoms with E-state index in [9.17, 15) is 4.79 Å². The number of hydrogen-bond acceptors (Lipinski definition) is 3. The number of carbonyl (C=O) groups excluding carboxylic acids is 1. The van der Waals surface area contributed by atoms with Gasteiger partial charge in [0.15, 0.2) is 0 Å². The Balaban J connectivity index is 2.12. The number of amides is 1. The van der Waals surface area contributed by atoms with Gasteiger partial charge in [-0.2, -0.15) is 0 Å². The zero-order chi connectivity index (χ0) is 16.2. The van der Waals surface area contributed by atoms with E-state index in [1.165, 1.54) is 10.5 Å². The van der Waals surface area contributed by atoms with Crippen LogP contribution in [0.25, 0.3) is 11.1 Å². The lowest BCUT2D eigenvalue weighted by molar-refractivity contribution is 0.0636. The number of carbonyl (C=O) groups is 1. The van der Waals surface area contributed by atoms with Gasteiger partial charge in [0.05, 0.1) is 0 Å². The van der Waals surface area contributed by atoms with E-state index >= 15 is 0 Å². The zero-order valence-electron chi connectivity index (χ0n) is 13.3. The molecule has 0 radical (unpaired) electrons. The molecule has 0 aromatic heterocycles. The Labute approximate surface area is 136 Å². The van der Waals surface area contributed by atoms with Crippen molar-refractivity contribution in [1.29, 1.82) is 0 Å². The van der Waals surface area contributed by atoms with Gasteiger partial charge in [-0.25, -0.2) is 4.79 Å². The highest BCUT2D eigenvalue weighted by Crippen LogP contribution is 2.30. The summed E-state index contributed by atoms with van der Waals surface area (Å²) in [6.07, 6.45) is 1.63. The second-order valence-corrected chi connectivity index (χ2v) is 6.75. The van der Waals surface area contributed by atoms with E-state index in [2.05, 4.69) is 23.7 Å². The highest BCUT2D eigenvalue weighted by molar-refractivity contribution is 7.98. The van der Waals surface area contributed by atoms with E-state index in [-0.39, 0.29) is 0 Å². The second-order valence-electron chi connectivity index (χ2n) is 5.90. The number of thioether (sulfide) groups is 1. The molecular weight excluding hydrogens is 294 g/mol. The molecule has 0 saturated heterocycles. The molecule has 0 saturated carbocycles. The predicted octanol–water partition coefficient (Wildman–Crippen LogP) is 5.42. The van der Waals surface area contributed by atoms with Crippen molar-refractivity contribution in [3.63, 3.8) is 0 Å². The van der Waals surface area contributed by atoms with E-state index in [4.69, 9.17) is 4.74 Å². The highest BCUT2D eigenvalue weighted by atomic mass is 32.2. The summed E-state index contributed by atoms with van der Waals surface area (Å²) in [5.41, 5.74) is 2.54. The Bertz CT molecular complexity index is 645. The maximum Gasteiger partial charge on any atom is 0.412 e. The van der Waals surface area contributed by atoms with Gasteiger partial charge in [-0.1, -0.05) is 30.3 Å². The third-order valence-corrected chi connectivity index (χ3v) is 3.74. The molecule has 2 aromatic rings. The van der Waals surface area contributed by atoms with Gasteiger partial charge in [-0.15, -0.1) is 11.8 Å². The highest BCUT2D eigenvalue weighted by Gasteiger charge is 2.16. The van der Waals surface area contributed by atoms with E-state index in [1.54, 1.807) is 11.8 Å². The van der Waals surface area contributed by atoms with Gasteiger partial charge in [-0.3, -0.25) is 5.32 Å². The molecule has 4 heteroatoms. The van der Waals surface area contributed by atoms with Crippen molar-refractivity contribution in [3.8, 4) is 11.1 Å². The number of nitrogens with one attached hydrogen (secondary N) is 1. The first kappa shape index (κ1) is 16.4. The molecule has 2 rings (SSSR count). The SMILES string of the molecule is CSc1ccccc1-c1ccc(NC(=O)OC(C)(C)C)cc1. The number of anilines is 1. The summed E-state index contributed by atoms with van der Waals surface area (Å²) >= 11 is 1.72. The predicted molar refractivity (Wildman–Crippen MR) is 93.5 cm³/mol. The minimum atomic E-state index is -0.499. The summed E-state index contributed by atoms with van der Waals surface area (Å²) in [5.74, 6) is 0. The molecule has 116 valence electrons. The number of ether oxygens (including phenoxy) is 1. The maximum atomic E-state index is 11.7. The summed E-state index contributed by atoms with van der Waals surface area (Å²) in [5, 5.41) is 2.74. The Morgan fingerprint density at radius 1 is 1.05 bits per heavy atom. The van der Waals surface area contributed by atoms with Crippen LogP contribution < -0.4 is 5.32 Å². The lowest BCUT2D eigenvalue weighted by atomic mass is 10.1. The van der Waals surface area contributed by atoms with Crippen molar-refractivity contribution in [2.75, 3.05) is 11.6 Å². The lowest BCUT2D eigenvalue weighted by Crippen LogP contribution is -2.27. The molecule has 0 unspecified atom stereocenters. The third kappa shape index (κ3) is 4.53. The van der Waals surface area contributed by atoms with Crippen molar-refractivity contribution in [2.45, 2.75) is 31.3 Å². The Kier molecular flexibility index (Phi) is 5.14.